The molecule has 0 aromatic carbocycles. The maximum atomic E-state index is 5.24. The van der Waals surface area contributed by atoms with Crippen LogP contribution in [0.25, 0.3) is 17.0 Å². The Bertz CT molecular complexity index is 562. The monoisotopic (exact) mass is 240 g/mol. The average Bonchev–Trinajstić information content (AvgIpc) is 2.46. The first-order valence-corrected chi connectivity index (χ1v) is 5.82. The first kappa shape index (κ1) is 12.3. The van der Waals surface area contributed by atoms with Crippen molar-refractivity contribution in [2.45, 2.75) is 13.8 Å². The van der Waals surface area contributed by atoms with E-state index in [2.05, 4.69) is 9.97 Å². The van der Waals surface area contributed by atoms with Crippen molar-refractivity contribution in [2.24, 2.45) is 0 Å². The third-order valence-corrected chi connectivity index (χ3v) is 2.89. The minimum atomic E-state index is 0.872. The van der Waals surface area contributed by atoms with Crippen LogP contribution in [0.15, 0.2) is 48.4 Å². The summed E-state index contributed by atoms with van der Waals surface area (Å²) in [5.41, 5.74) is 3.70. The van der Waals surface area contributed by atoms with E-state index in [1.807, 2.05) is 50.2 Å². The molecule has 0 aliphatic heterocycles. The highest BCUT2D eigenvalue weighted by atomic mass is 16.5. The van der Waals surface area contributed by atoms with Gasteiger partial charge in [-0.15, -0.1) is 0 Å². The van der Waals surface area contributed by atoms with E-state index in [1.165, 1.54) is 0 Å². The molecule has 0 saturated carbocycles. The molecule has 3 nitrogen and oxygen atoms in total. The summed E-state index contributed by atoms with van der Waals surface area (Å²) >= 11 is 0. The maximum Gasteiger partial charge on any atom is 0.0975 e. The van der Waals surface area contributed by atoms with E-state index in [4.69, 9.17) is 4.74 Å². The molecule has 0 radical (unpaired) electrons. The van der Waals surface area contributed by atoms with Crippen molar-refractivity contribution in [3.05, 3.63) is 54.0 Å². The van der Waals surface area contributed by atoms with Crippen LogP contribution in [0.1, 0.15) is 19.5 Å². The van der Waals surface area contributed by atoms with Crippen molar-refractivity contribution >= 4 is 5.57 Å². The van der Waals surface area contributed by atoms with Gasteiger partial charge in [0.2, 0.25) is 0 Å². The Morgan fingerprint density at radius 2 is 1.78 bits per heavy atom. The molecule has 0 aliphatic carbocycles. The molecule has 0 aliphatic rings. The van der Waals surface area contributed by atoms with Crippen LogP contribution in [0.4, 0.5) is 0 Å². The van der Waals surface area contributed by atoms with Crippen molar-refractivity contribution < 1.29 is 4.74 Å². The molecule has 2 heterocycles. The van der Waals surface area contributed by atoms with Gasteiger partial charge in [-0.2, -0.15) is 0 Å². The first-order chi connectivity index (χ1) is 8.72. The van der Waals surface area contributed by atoms with Gasteiger partial charge in [-0.25, -0.2) is 4.98 Å². The van der Waals surface area contributed by atoms with Gasteiger partial charge in [0.1, 0.15) is 0 Å². The van der Waals surface area contributed by atoms with Gasteiger partial charge in [0.05, 0.1) is 30.0 Å². The fourth-order valence-electron chi connectivity index (χ4n) is 1.63. The minimum Gasteiger partial charge on any atom is -0.501 e. The zero-order valence-electron chi connectivity index (χ0n) is 10.8. The van der Waals surface area contributed by atoms with Crippen LogP contribution in [-0.4, -0.2) is 17.1 Å². The highest BCUT2D eigenvalue weighted by Crippen LogP contribution is 2.20. The third kappa shape index (κ3) is 2.56. The van der Waals surface area contributed by atoms with Gasteiger partial charge in [0.25, 0.3) is 0 Å². The van der Waals surface area contributed by atoms with Gasteiger partial charge in [-0.1, -0.05) is 12.1 Å². The number of methoxy groups -OCH3 is 1. The first-order valence-electron chi connectivity index (χ1n) is 5.82. The average molecular weight is 240 g/mol. The third-order valence-electron chi connectivity index (χ3n) is 2.89. The largest absolute Gasteiger partial charge is 0.501 e. The summed E-state index contributed by atoms with van der Waals surface area (Å²) in [4.78, 5) is 8.92. The van der Waals surface area contributed by atoms with E-state index in [-0.39, 0.29) is 0 Å². The molecule has 0 amide bonds. The van der Waals surface area contributed by atoms with Crippen LogP contribution in [0.3, 0.4) is 0 Å². The van der Waals surface area contributed by atoms with E-state index in [9.17, 15) is 0 Å². The lowest BCUT2D eigenvalue weighted by Gasteiger charge is -2.07. The topological polar surface area (TPSA) is 35.0 Å². The highest BCUT2D eigenvalue weighted by Gasteiger charge is 2.05. The fraction of sp³-hybridized carbons (Fsp3) is 0.200. The van der Waals surface area contributed by atoms with Crippen LogP contribution in [-0.2, 0) is 4.74 Å². The minimum absolute atomic E-state index is 0.872. The number of aromatic nitrogens is 2. The molecule has 3 heteroatoms. The quantitative estimate of drug-likeness (QED) is 0.770. The molecule has 2 rings (SSSR count). The maximum absolute atomic E-state index is 5.24. The van der Waals surface area contributed by atoms with Crippen LogP contribution in [0.5, 0.6) is 0 Å². The van der Waals surface area contributed by atoms with Crippen molar-refractivity contribution in [2.75, 3.05) is 7.11 Å². The number of pyridine rings is 2. The number of hydrogen-bond donors (Lipinski definition) is 0. The summed E-state index contributed by atoms with van der Waals surface area (Å²) in [5.74, 6) is 0.876. The molecule has 92 valence electrons. The fourth-order valence-corrected chi connectivity index (χ4v) is 1.63. The van der Waals surface area contributed by atoms with E-state index >= 15 is 0 Å². The molecule has 0 spiro atoms. The number of hydrogen-bond acceptors (Lipinski definition) is 3. The molecule has 18 heavy (non-hydrogen) atoms. The van der Waals surface area contributed by atoms with Gasteiger partial charge in [-0.3, -0.25) is 4.98 Å². The lowest BCUT2D eigenvalue weighted by molar-refractivity contribution is 0.295. The van der Waals surface area contributed by atoms with Crippen molar-refractivity contribution in [1.29, 1.82) is 0 Å². The number of allylic oxidation sites excluding steroid dienone is 2. The Morgan fingerprint density at radius 3 is 2.44 bits per heavy atom. The molecule has 0 N–H and O–H groups in total. The molecular formula is C15H16N2O. The van der Waals surface area contributed by atoms with Crippen LogP contribution >= 0.6 is 0 Å². The van der Waals surface area contributed by atoms with E-state index in [1.54, 1.807) is 13.3 Å². The lowest BCUT2D eigenvalue weighted by atomic mass is 10.1. The van der Waals surface area contributed by atoms with Gasteiger partial charge < -0.3 is 4.74 Å². The number of rotatable bonds is 3. The van der Waals surface area contributed by atoms with E-state index in [0.717, 1.165) is 28.4 Å². The van der Waals surface area contributed by atoms with Gasteiger partial charge >= 0.3 is 0 Å². The Hall–Kier alpha value is -2.16. The second kappa shape index (κ2) is 5.45. The van der Waals surface area contributed by atoms with Crippen LogP contribution in [0, 0.1) is 0 Å². The van der Waals surface area contributed by atoms with Crippen molar-refractivity contribution in [3.63, 3.8) is 0 Å². The number of nitrogens with zero attached hydrogens (tertiary/aromatic N) is 2. The molecule has 2 aromatic heterocycles. The summed E-state index contributed by atoms with van der Waals surface area (Å²) in [5, 5.41) is 0. The summed E-state index contributed by atoms with van der Waals surface area (Å²) in [6, 6.07) is 11.7. The smallest absolute Gasteiger partial charge is 0.0975 e. The Morgan fingerprint density at radius 1 is 1.00 bits per heavy atom. The summed E-state index contributed by atoms with van der Waals surface area (Å²) in [7, 11) is 1.67. The Balaban J connectivity index is 2.44. The van der Waals surface area contributed by atoms with Crippen molar-refractivity contribution in [1.82, 2.24) is 9.97 Å². The Kier molecular flexibility index (Phi) is 3.72. The molecule has 0 saturated heterocycles. The molecule has 0 bridgehead atoms. The summed E-state index contributed by atoms with van der Waals surface area (Å²) < 4.78 is 5.24. The zero-order valence-corrected chi connectivity index (χ0v) is 10.8. The van der Waals surface area contributed by atoms with E-state index < -0.39 is 0 Å². The van der Waals surface area contributed by atoms with Crippen LogP contribution < -0.4 is 0 Å². The van der Waals surface area contributed by atoms with Crippen LogP contribution in [0.2, 0.25) is 0 Å². The number of ether oxygens (including phenoxy) is 1. The standard InChI is InChI=1S/C15H16N2O/c1-11(12(2)18-3)13-8-6-9-15(17-13)14-7-4-5-10-16-14/h4-10H,1-3H3. The highest BCUT2D eigenvalue weighted by molar-refractivity contribution is 5.65. The van der Waals surface area contributed by atoms with Gasteiger partial charge in [-0.05, 0) is 38.1 Å². The molecule has 0 unspecified atom stereocenters. The normalized spacial score (nSPS) is 11.9. The Labute approximate surface area is 107 Å². The van der Waals surface area contributed by atoms with Gasteiger partial charge in [0, 0.05) is 11.8 Å². The second-order valence-corrected chi connectivity index (χ2v) is 4.01. The molecule has 0 fully saturated rings. The molecular weight excluding hydrogens is 224 g/mol. The SMILES string of the molecule is COC(C)=C(C)c1cccc(-c2ccccn2)n1. The lowest BCUT2D eigenvalue weighted by Crippen LogP contribution is -1.94. The predicted octanol–water partition coefficient (Wildman–Crippen LogP) is 3.54. The second-order valence-electron chi connectivity index (χ2n) is 4.01. The van der Waals surface area contributed by atoms with E-state index in [0.29, 0.717) is 0 Å². The predicted molar refractivity (Wildman–Crippen MR) is 72.7 cm³/mol. The van der Waals surface area contributed by atoms with Gasteiger partial charge in [0.15, 0.2) is 0 Å². The summed E-state index contributed by atoms with van der Waals surface area (Å²) in [6.45, 7) is 3.94. The van der Waals surface area contributed by atoms with Crippen molar-refractivity contribution in [3.8, 4) is 11.4 Å². The zero-order chi connectivity index (χ0) is 13.0. The summed E-state index contributed by atoms with van der Waals surface area (Å²) in [6.07, 6.45) is 1.77. The molecule has 2 aromatic rings. The molecule has 0 atom stereocenters.